The zero-order valence-electron chi connectivity index (χ0n) is 12.3. The monoisotopic (exact) mass is 220 g/mol. The van der Waals surface area contributed by atoms with Gasteiger partial charge in [0, 0.05) is 21.1 Å². The smallest absolute Gasteiger partial charge is 0.251 e. The highest BCUT2D eigenvalue weighted by Crippen LogP contribution is 2.10. The Morgan fingerprint density at radius 3 is 3.36 bits per heavy atom. The predicted molar refractivity (Wildman–Crippen MR) is 47.5 cm³/mol. The molecular formula is C8H8BrNO. The number of carbonyl (C=O) groups excluding carboxylic acids is 1. The molecule has 0 aliphatic carbocycles. The fourth-order valence-corrected chi connectivity index (χ4v) is 0.794. The molecule has 0 bridgehead atoms. The molecular weight excluding hydrogens is 206 g/mol. The number of nitrogens with one attached hydrogen (secondary N) is 1. The quantitative estimate of drug-likeness (QED) is 0.769. The van der Waals surface area contributed by atoms with Gasteiger partial charge in [0.25, 0.3) is 5.91 Å². The molecule has 0 saturated carbocycles. The molecule has 1 aromatic rings. The standard InChI is InChI=1S/C8H8BrNO/c1-10-8(11)6-3-2-4-7(9)5-6/h2-5H,1H3,(H,10,11)/i1D3,2D,3D,4D,5D. The number of halogens is 1. The molecule has 1 amide bonds. The first-order valence-corrected chi connectivity index (χ1v) is 3.44. The summed E-state index contributed by atoms with van der Waals surface area (Å²) < 4.78 is 50.5. The van der Waals surface area contributed by atoms with Crippen molar-refractivity contribution in [3.63, 3.8) is 0 Å². The Kier molecular flexibility index (Phi) is 0.931. The molecule has 3 heteroatoms. The van der Waals surface area contributed by atoms with Gasteiger partial charge in [0.2, 0.25) is 0 Å². The fourth-order valence-electron chi connectivity index (χ4n) is 0.497. The van der Waals surface area contributed by atoms with Gasteiger partial charge in [-0.1, -0.05) is 22.0 Å². The minimum Gasteiger partial charge on any atom is -0.355 e. The number of carbonyl (C=O) groups is 1. The van der Waals surface area contributed by atoms with Crippen LogP contribution in [0.3, 0.4) is 0 Å². The second kappa shape index (κ2) is 3.53. The van der Waals surface area contributed by atoms with Gasteiger partial charge in [-0.2, -0.15) is 0 Å². The summed E-state index contributed by atoms with van der Waals surface area (Å²) in [4.78, 5) is 11.6. The van der Waals surface area contributed by atoms with Gasteiger partial charge in [0.05, 0.1) is 5.48 Å². The molecule has 0 unspecified atom stereocenters. The lowest BCUT2D eigenvalue weighted by Crippen LogP contribution is -2.17. The molecule has 1 N–H and O–H groups in total. The first kappa shape index (κ1) is 2.90. The molecule has 0 saturated heterocycles. The summed E-state index contributed by atoms with van der Waals surface area (Å²) in [5.41, 5.74) is -0.543. The number of hydrogen-bond donors (Lipinski definition) is 1. The normalized spacial score (nSPS) is 19.5. The molecule has 0 spiro atoms. The molecule has 0 radical (unpaired) electrons. The van der Waals surface area contributed by atoms with Crippen LogP contribution in [0, 0.1) is 0 Å². The van der Waals surface area contributed by atoms with Crippen molar-refractivity contribution in [2.24, 2.45) is 0 Å². The second-order valence-electron chi connectivity index (χ2n) is 1.64. The minimum absolute atomic E-state index is 0.126. The van der Waals surface area contributed by atoms with Gasteiger partial charge in [-0.15, -0.1) is 0 Å². The van der Waals surface area contributed by atoms with Gasteiger partial charge in [-0.3, -0.25) is 4.79 Å². The van der Waals surface area contributed by atoms with E-state index in [2.05, 4.69) is 15.9 Å². The van der Waals surface area contributed by atoms with E-state index in [1.54, 1.807) is 5.32 Å². The Bertz CT molecular complexity index is 484. The summed E-state index contributed by atoms with van der Waals surface area (Å²) in [6.45, 7) is -2.75. The van der Waals surface area contributed by atoms with Crippen molar-refractivity contribution < 1.29 is 14.4 Å². The number of amides is 1. The van der Waals surface area contributed by atoms with Crippen LogP contribution >= 0.6 is 15.9 Å². The fraction of sp³-hybridized carbons (Fsp3) is 0.125. The second-order valence-corrected chi connectivity index (χ2v) is 2.44. The van der Waals surface area contributed by atoms with Gasteiger partial charge in [-0.05, 0) is 18.1 Å². The molecule has 58 valence electrons. The maximum atomic E-state index is 11.6. The molecule has 0 aliphatic rings. The highest BCUT2D eigenvalue weighted by molar-refractivity contribution is 9.10. The topological polar surface area (TPSA) is 29.1 Å². The van der Waals surface area contributed by atoms with E-state index in [1.165, 1.54) is 0 Å². The molecule has 0 atom stereocenters. The molecule has 1 aromatic carbocycles. The van der Waals surface area contributed by atoms with Crippen LogP contribution in [-0.4, -0.2) is 12.9 Å². The number of hydrogen-bond acceptors (Lipinski definition) is 1. The third kappa shape index (κ3) is 2.05. The lowest BCUT2D eigenvalue weighted by atomic mass is 10.2. The van der Waals surface area contributed by atoms with Gasteiger partial charge in [0.1, 0.15) is 0 Å². The third-order valence-electron chi connectivity index (χ3n) is 0.935. The van der Waals surface area contributed by atoms with E-state index in [1.807, 2.05) is 0 Å². The molecule has 2 nitrogen and oxygen atoms in total. The van der Waals surface area contributed by atoms with Crippen molar-refractivity contribution in [2.75, 3.05) is 6.98 Å². The average molecular weight is 221 g/mol. The van der Waals surface area contributed by atoms with Crippen LogP contribution in [0.1, 0.15) is 20.0 Å². The molecule has 0 aromatic heterocycles. The highest BCUT2D eigenvalue weighted by Gasteiger charge is 2.00. The zero-order chi connectivity index (χ0) is 14.2. The van der Waals surface area contributed by atoms with Crippen molar-refractivity contribution in [1.82, 2.24) is 5.32 Å². The van der Waals surface area contributed by atoms with E-state index in [0.717, 1.165) is 0 Å². The van der Waals surface area contributed by atoms with Crippen LogP contribution in [0.15, 0.2) is 28.6 Å². The van der Waals surface area contributed by atoms with E-state index in [0.29, 0.717) is 0 Å². The summed E-state index contributed by atoms with van der Waals surface area (Å²) in [5, 5.41) is 1.65. The van der Waals surface area contributed by atoms with E-state index in [9.17, 15) is 4.79 Å². The van der Waals surface area contributed by atoms with Crippen molar-refractivity contribution in [2.45, 2.75) is 0 Å². The molecule has 1 rings (SSSR count). The highest BCUT2D eigenvalue weighted by atomic mass is 79.9. The average Bonchev–Trinajstić information content (AvgIpc) is 2.21. The van der Waals surface area contributed by atoms with E-state index in [-0.39, 0.29) is 4.47 Å². The Morgan fingerprint density at radius 1 is 1.82 bits per heavy atom. The first-order valence-electron chi connectivity index (χ1n) is 6.14. The lowest BCUT2D eigenvalue weighted by Gasteiger charge is -1.98. The van der Waals surface area contributed by atoms with Crippen LogP contribution in [0.5, 0.6) is 0 Å². The first-order chi connectivity index (χ1) is 8.06. The molecule has 0 heterocycles. The Morgan fingerprint density at radius 2 is 2.64 bits per heavy atom. The molecule has 0 fully saturated rings. The number of rotatable bonds is 1. The maximum absolute atomic E-state index is 11.6. The van der Waals surface area contributed by atoms with Crippen molar-refractivity contribution in [1.29, 1.82) is 0 Å². The van der Waals surface area contributed by atoms with Crippen molar-refractivity contribution in [3.05, 3.63) is 34.2 Å². The lowest BCUT2D eigenvalue weighted by molar-refractivity contribution is 0.0963. The molecule has 11 heavy (non-hydrogen) atoms. The Balaban J connectivity index is 3.38. The number of benzene rings is 1. The predicted octanol–water partition coefficient (Wildman–Crippen LogP) is 1.81. The molecule has 0 aliphatic heterocycles. The summed E-state index contributed by atoms with van der Waals surface area (Å²) in [6, 6.07) is -2.07. The van der Waals surface area contributed by atoms with Gasteiger partial charge < -0.3 is 5.32 Å². The van der Waals surface area contributed by atoms with E-state index < -0.39 is 42.6 Å². The van der Waals surface area contributed by atoms with E-state index in [4.69, 9.17) is 9.60 Å². The van der Waals surface area contributed by atoms with Crippen molar-refractivity contribution in [3.8, 4) is 0 Å². The summed E-state index contributed by atoms with van der Waals surface area (Å²) in [5.74, 6) is -1.14. The summed E-state index contributed by atoms with van der Waals surface area (Å²) >= 11 is 2.86. The van der Waals surface area contributed by atoms with Crippen LogP contribution in [0.2, 0.25) is 0 Å². The van der Waals surface area contributed by atoms with Crippen LogP contribution in [0.4, 0.5) is 0 Å². The minimum atomic E-state index is -2.75. The SMILES string of the molecule is [2H]c1c([2H])c(Br)c([2H])c(C(=O)NC([2H])([2H])[2H])c1[2H]. The van der Waals surface area contributed by atoms with Gasteiger partial charge >= 0.3 is 0 Å². The van der Waals surface area contributed by atoms with Gasteiger partial charge in [0.15, 0.2) is 0 Å². The summed E-state index contributed by atoms with van der Waals surface area (Å²) in [6.07, 6.45) is 0. The van der Waals surface area contributed by atoms with Crippen LogP contribution in [-0.2, 0) is 0 Å². The van der Waals surface area contributed by atoms with E-state index >= 15 is 0 Å². The van der Waals surface area contributed by atoms with Gasteiger partial charge in [-0.25, -0.2) is 0 Å². The Labute approximate surface area is 83.6 Å². The maximum Gasteiger partial charge on any atom is 0.251 e. The van der Waals surface area contributed by atoms with Crippen LogP contribution < -0.4 is 5.32 Å². The van der Waals surface area contributed by atoms with Crippen LogP contribution in [0.25, 0.3) is 0 Å². The largest absolute Gasteiger partial charge is 0.355 e. The third-order valence-corrected chi connectivity index (χ3v) is 1.33. The van der Waals surface area contributed by atoms with Crippen molar-refractivity contribution >= 4 is 21.8 Å². The summed E-state index contributed by atoms with van der Waals surface area (Å²) in [7, 11) is 0. The Hall–Kier alpha value is -0.830. The zero-order valence-corrected chi connectivity index (χ0v) is 6.87.